The fraction of sp³-hybridized carbons (Fsp3) is 0.167. The maximum Gasteiger partial charge on any atom is 0.216 e. The van der Waals surface area contributed by atoms with Crippen LogP contribution in [-0.4, -0.2) is 12.5 Å². The molecule has 0 aliphatic heterocycles. The summed E-state index contributed by atoms with van der Waals surface area (Å²) in [7, 11) is 0. The van der Waals surface area contributed by atoms with Crippen molar-refractivity contribution in [3.05, 3.63) is 54.1 Å². The lowest BCUT2D eigenvalue weighted by Gasteiger charge is -2.05. The summed E-state index contributed by atoms with van der Waals surface area (Å²) in [5.41, 5.74) is 7.25. The fourth-order valence-corrected chi connectivity index (χ4v) is 1.74. The second-order valence-electron chi connectivity index (χ2n) is 4.73. The quantitative estimate of drug-likeness (QED) is 0.517. The van der Waals surface area contributed by atoms with Crippen LogP contribution in [0.15, 0.2) is 48.5 Å². The highest BCUT2D eigenvalue weighted by molar-refractivity contribution is 5.72. The number of hydrogen-bond donors (Lipinski definition) is 2. The molecule has 112 valence electrons. The molecule has 0 aromatic heterocycles. The Morgan fingerprint density at radius 3 is 2.27 bits per heavy atom. The van der Waals surface area contributed by atoms with Gasteiger partial charge in [0.2, 0.25) is 5.91 Å². The predicted octanol–water partition coefficient (Wildman–Crippen LogP) is 2.94. The number of nitrogen functional groups attached to an aromatic ring is 1. The predicted molar refractivity (Wildman–Crippen MR) is 87.5 cm³/mol. The van der Waals surface area contributed by atoms with E-state index in [-0.39, 0.29) is 5.91 Å². The molecule has 2 rings (SSSR count). The Morgan fingerprint density at radius 2 is 1.68 bits per heavy atom. The highest BCUT2D eigenvalue weighted by atomic mass is 16.5. The van der Waals surface area contributed by atoms with E-state index < -0.39 is 0 Å². The van der Waals surface area contributed by atoms with Crippen molar-refractivity contribution in [2.75, 3.05) is 12.3 Å². The fourth-order valence-electron chi connectivity index (χ4n) is 1.74. The molecule has 0 fully saturated rings. The molecule has 0 aliphatic carbocycles. The van der Waals surface area contributed by atoms with Crippen LogP contribution in [0.1, 0.15) is 18.9 Å². The number of nitrogens with one attached hydrogen (secondary N) is 1. The summed E-state index contributed by atoms with van der Waals surface area (Å²) >= 11 is 0. The maximum absolute atomic E-state index is 10.7. The number of ether oxygens (including phenoxy) is 1. The standard InChI is InChI=1S/C18H18N2O2/c1-14(21)20-13-3-2-4-15-5-9-17(10-6-15)22-18-11-7-16(19)8-12-18/h5-12H,3,13,19H2,1H3,(H,20,21). The Labute approximate surface area is 130 Å². The van der Waals surface area contributed by atoms with E-state index >= 15 is 0 Å². The van der Waals surface area contributed by atoms with Gasteiger partial charge in [0.1, 0.15) is 11.5 Å². The van der Waals surface area contributed by atoms with E-state index in [0.29, 0.717) is 18.7 Å². The van der Waals surface area contributed by atoms with Crippen LogP contribution in [-0.2, 0) is 4.79 Å². The molecule has 0 saturated carbocycles. The van der Waals surface area contributed by atoms with Crippen LogP contribution in [0, 0.1) is 11.8 Å². The molecule has 0 spiro atoms. The summed E-state index contributed by atoms with van der Waals surface area (Å²) in [5.74, 6) is 7.50. The van der Waals surface area contributed by atoms with Gasteiger partial charge in [-0.3, -0.25) is 4.79 Å². The van der Waals surface area contributed by atoms with Crippen molar-refractivity contribution in [3.8, 4) is 23.3 Å². The van der Waals surface area contributed by atoms with Gasteiger partial charge >= 0.3 is 0 Å². The highest BCUT2D eigenvalue weighted by Gasteiger charge is 1.97. The molecule has 0 bridgehead atoms. The molecule has 0 aliphatic rings. The van der Waals surface area contributed by atoms with Crippen LogP contribution in [0.2, 0.25) is 0 Å². The zero-order valence-corrected chi connectivity index (χ0v) is 12.4. The molecule has 22 heavy (non-hydrogen) atoms. The molecular weight excluding hydrogens is 276 g/mol. The van der Waals surface area contributed by atoms with Crippen LogP contribution in [0.5, 0.6) is 11.5 Å². The lowest BCUT2D eigenvalue weighted by atomic mass is 10.2. The normalized spacial score (nSPS) is 9.50. The van der Waals surface area contributed by atoms with Crippen LogP contribution in [0.4, 0.5) is 5.69 Å². The number of nitrogens with two attached hydrogens (primary N) is 1. The van der Waals surface area contributed by atoms with Gasteiger partial charge in [-0.25, -0.2) is 0 Å². The van der Waals surface area contributed by atoms with Crippen molar-refractivity contribution in [3.63, 3.8) is 0 Å². The minimum atomic E-state index is -0.0361. The van der Waals surface area contributed by atoms with Gasteiger partial charge in [0.25, 0.3) is 0 Å². The molecule has 0 atom stereocenters. The van der Waals surface area contributed by atoms with Gasteiger partial charge in [0, 0.05) is 31.1 Å². The van der Waals surface area contributed by atoms with E-state index in [1.807, 2.05) is 36.4 Å². The highest BCUT2D eigenvalue weighted by Crippen LogP contribution is 2.22. The molecule has 0 saturated heterocycles. The first-order chi connectivity index (χ1) is 10.6. The maximum atomic E-state index is 10.7. The van der Waals surface area contributed by atoms with Crippen molar-refractivity contribution >= 4 is 11.6 Å². The third-order valence-electron chi connectivity index (χ3n) is 2.83. The zero-order chi connectivity index (χ0) is 15.8. The van der Waals surface area contributed by atoms with Crippen molar-refractivity contribution in [1.82, 2.24) is 5.32 Å². The lowest BCUT2D eigenvalue weighted by molar-refractivity contribution is -0.118. The van der Waals surface area contributed by atoms with Gasteiger partial charge in [-0.05, 0) is 48.5 Å². The van der Waals surface area contributed by atoms with E-state index in [2.05, 4.69) is 17.2 Å². The molecular formula is C18H18N2O2. The first-order valence-electron chi connectivity index (χ1n) is 7.00. The minimum absolute atomic E-state index is 0.0361. The zero-order valence-electron chi connectivity index (χ0n) is 12.4. The van der Waals surface area contributed by atoms with Crippen LogP contribution in [0.25, 0.3) is 0 Å². The molecule has 0 unspecified atom stereocenters. The Bertz CT molecular complexity index is 680. The van der Waals surface area contributed by atoms with Crippen LogP contribution < -0.4 is 15.8 Å². The Hall–Kier alpha value is -2.93. The van der Waals surface area contributed by atoms with E-state index in [4.69, 9.17) is 10.5 Å². The van der Waals surface area contributed by atoms with E-state index in [1.165, 1.54) is 6.92 Å². The van der Waals surface area contributed by atoms with Crippen LogP contribution in [0.3, 0.4) is 0 Å². The third kappa shape index (κ3) is 5.22. The Kier molecular flexibility index (Phi) is 5.44. The van der Waals surface area contributed by atoms with E-state index in [9.17, 15) is 4.79 Å². The summed E-state index contributed by atoms with van der Waals surface area (Å²) in [6.07, 6.45) is 0.628. The first kappa shape index (κ1) is 15.5. The third-order valence-corrected chi connectivity index (χ3v) is 2.83. The molecule has 1 amide bonds. The number of carbonyl (C=O) groups excluding carboxylic acids is 1. The van der Waals surface area contributed by atoms with Crippen molar-refractivity contribution in [1.29, 1.82) is 0 Å². The number of anilines is 1. The Balaban J connectivity index is 1.89. The molecule has 2 aromatic carbocycles. The number of amides is 1. The monoisotopic (exact) mass is 294 g/mol. The van der Waals surface area contributed by atoms with Gasteiger partial charge < -0.3 is 15.8 Å². The van der Waals surface area contributed by atoms with E-state index in [0.717, 1.165) is 17.1 Å². The van der Waals surface area contributed by atoms with Gasteiger partial charge in [0.15, 0.2) is 0 Å². The minimum Gasteiger partial charge on any atom is -0.457 e. The molecule has 0 radical (unpaired) electrons. The molecule has 0 heterocycles. The Morgan fingerprint density at radius 1 is 1.09 bits per heavy atom. The van der Waals surface area contributed by atoms with E-state index in [1.54, 1.807) is 12.1 Å². The second kappa shape index (κ2) is 7.75. The van der Waals surface area contributed by atoms with Gasteiger partial charge in [-0.2, -0.15) is 0 Å². The van der Waals surface area contributed by atoms with Crippen molar-refractivity contribution in [2.45, 2.75) is 13.3 Å². The topological polar surface area (TPSA) is 64.3 Å². The average Bonchev–Trinajstić information content (AvgIpc) is 2.50. The van der Waals surface area contributed by atoms with Gasteiger partial charge in [-0.15, -0.1) is 0 Å². The summed E-state index contributed by atoms with van der Waals surface area (Å²) < 4.78 is 5.71. The number of hydrogen-bond acceptors (Lipinski definition) is 3. The number of rotatable bonds is 4. The van der Waals surface area contributed by atoms with Crippen LogP contribution >= 0.6 is 0 Å². The SMILES string of the molecule is CC(=O)NCCC#Cc1ccc(Oc2ccc(N)cc2)cc1. The summed E-state index contributed by atoms with van der Waals surface area (Å²) in [5, 5.41) is 2.70. The number of benzene rings is 2. The van der Waals surface area contributed by atoms with Gasteiger partial charge in [-0.1, -0.05) is 11.8 Å². The molecule has 3 N–H and O–H groups in total. The van der Waals surface area contributed by atoms with Gasteiger partial charge in [0.05, 0.1) is 0 Å². The molecule has 4 heteroatoms. The van der Waals surface area contributed by atoms with Crippen molar-refractivity contribution < 1.29 is 9.53 Å². The average molecular weight is 294 g/mol. The molecule has 4 nitrogen and oxygen atoms in total. The molecule has 2 aromatic rings. The summed E-state index contributed by atoms with van der Waals surface area (Å²) in [4.78, 5) is 10.7. The summed E-state index contributed by atoms with van der Waals surface area (Å²) in [6, 6.07) is 14.8. The number of carbonyl (C=O) groups is 1. The smallest absolute Gasteiger partial charge is 0.216 e. The largest absolute Gasteiger partial charge is 0.457 e. The first-order valence-corrected chi connectivity index (χ1v) is 7.00. The second-order valence-corrected chi connectivity index (χ2v) is 4.73. The summed E-state index contributed by atoms with van der Waals surface area (Å²) in [6.45, 7) is 2.06. The van der Waals surface area contributed by atoms with Crippen molar-refractivity contribution in [2.24, 2.45) is 0 Å². The lowest BCUT2D eigenvalue weighted by Crippen LogP contribution is -2.20.